The van der Waals surface area contributed by atoms with Gasteiger partial charge in [-0.05, 0) is 55.8 Å². The third kappa shape index (κ3) is 3.83. The van der Waals surface area contributed by atoms with Crippen LogP contribution in [0.4, 0.5) is 10.8 Å². The van der Waals surface area contributed by atoms with Crippen molar-refractivity contribution in [1.29, 1.82) is 0 Å². The number of thiazole rings is 1. The van der Waals surface area contributed by atoms with Crippen LogP contribution in [0.15, 0.2) is 46.7 Å². The van der Waals surface area contributed by atoms with Gasteiger partial charge in [-0.3, -0.25) is 9.52 Å². The van der Waals surface area contributed by atoms with Crippen LogP contribution in [-0.4, -0.2) is 32.5 Å². The van der Waals surface area contributed by atoms with Crippen molar-refractivity contribution in [2.45, 2.75) is 24.8 Å². The number of anilines is 2. The highest BCUT2D eigenvalue weighted by molar-refractivity contribution is 7.93. The average Bonchev–Trinajstić information content (AvgIpc) is 3.16. The summed E-state index contributed by atoms with van der Waals surface area (Å²) >= 11 is 1.17. The quantitative estimate of drug-likeness (QED) is 0.621. The van der Waals surface area contributed by atoms with Crippen molar-refractivity contribution in [3.8, 4) is 22.8 Å². The van der Waals surface area contributed by atoms with E-state index in [1.807, 2.05) is 6.07 Å². The third-order valence-corrected chi connectivity index (χ3v) is 6.83. The topological polar surface area (TPSA) is 107 Å². The van der Waals surface area contributed by atoms with Crippen LogP contribution in [0.1, 0.15) is 12.5 Å². The number of carbonyl (C=O) groups is 1. The van der Waals surface area contributed by atoms with Crippen molar-refractivity contribution in [1.82, 2.24) is 4.98 Å². The number of fused-ring (bicyclic) bond motifs is 1. The van der Waals surface area contributed by atoms with Crippen LogP contribution < -0.4 is 19.5 Å². The predicted molar refractivity (Wildman–Crippen MR) is 115 cm³/mol. The number of carbonyl (C=O) groups excluding carboxylic acids is 1. The maximum absolute atomic E-state index is 12.7. The van der Waals surface area contributed by atoms with E-state index in [1.165, 1.54) is 24.5 Å². The molecule has 2 aromatic carbocycles. The Bertz CT molecular complexity index is 1240. The minimum atomic E-state index is -3.79. The van der Waals surface area contributed by atoms with Gasteiger partial charge >= 0.3 is 0 Å². The molecule has 1 atom stereocenters. The highest BCUT2D eigenvalue weighted by Crippen LogP contribution is 2.35. The van der Waals surface area contributed by atoms with Crippen LogP contribution >= 0.6 is 11.3 Å². The number of rotatable bonds is 5. The number of nitrogens with one attached hydrogen (secondary N) is 2. The van der Waals surface area contributed by atoms with Gasteiger partial charge in [-0.15, -0.1) is 11.3 Å². The summed E-state index contributed by atoms with van der Waals surface area (Å²) < 4.78 is 38.7. The second-order valence-corrected chi connectivity index (χ2v) is 9.28. The van der Waals surface area contributed by atoms with Crippen LogP contribution in [0.2, 0.25) is 0 Å². The first-order chi connectivity index (χ1) is 14.3. The average molecular weight is 446 g/mol. The van der Waals surface area contributed by atoms with Gasteiger partial charge < -0.3 is 14.8 Å². The van der Waals surface area contributed by atoms with Crippen LogP contribution in [-0.2, 0) is 14.8 Å². The fourth-order valence-electron chi connectivity index (χ4n) is 3.01. The molecule has 1 unspecified atom stereocenters. The zero-order valence-electron chi connectivity index (χ0n) is 16.4. The molecule has 0 spiro atoms. The lowest BCUT2D eigenvalue weighted by Crippen LogP contribution is -2.34. The Kier molecular flexibility index (Phi) is 5.12. The number of hydrogen-bond donors (Lipinski definition) is 2. The molecule has 156 valence electrons. The summed E-state index contributed by atoms with van der Waals surface area (Å²) in [4.78, 5) is 16.3. The van der Waals surface area contributed by atoms with Crippen LogP contribution in [0, 0.1) is 6.92 Å². The van der Waals surface area contributed by atoms with Crippen LogP contribution in [0.5, 0.6) is 11.5 Å². The standard InChI is InChI=1S/C20H19N3O5S2/c1-11-8-14(5-7-17(11)27-3)30(25,26)23-20-22-16(10-29-20)13-4-6-18-15(9-13)21-19(24)12(2)28-18/h4-10,12H,1-3H3,(H,21,24)(H,22,23). The Labute approximate surface area is 177 Å². The molecule has 3 aromatic rings. The van der Waals surface area contributed by atoms with Gasteiger partial charge in [-0.1, -0.05) is 0 Å². The molecule has 30 heavy (non-hydrogen) atoms. The van der Waals surface area contributed by atoms with Gasteiger partial charge in [-0.25, -0.2) is 13.4 Å². The maximum atomic E-state index is 12.7. The fourth-order valence-corrected chi connectivity index (χ4v) is 5.07. The lowest BCUT2D eigenvalue weighted by atomic mass is 10.1. The summed E-state index contributed by atoms with van der Waals surface area (Å²) in [5.74, 6) is 0.974. The lowest BCUT2D eigenvalue weighted by molar-refractivity contribution is -0.122. The van der Waals surface area contributed by atoms with E-state index < -0.39 is 16.1 Å². The van der Waals surface area contributed by atoms with E-state index in [1.54, 1.807) is 43.5 Å². The fraction of sp³-hybridized carbons (Fsp3) is 0.200. The number of benzene rings is 2. The molecular weight excluding hydrogens is 426 g/mol. The molecule has 4 rings (SSSR count). The summed E-state index contributed by atoms with van der Waals surface area (Å²) in [6.45, 7) is 3.45. The minimum Gasteiger partial charge on any atom is -0.496 e. The normalized spacial score (nSPS) is 15.7. The zero-order chi connectivity index (χ0) is 21.5. The number of hydrogen-bond acceptors (Lipinski definition) is 7. The number of amides is 1. The number of ether oxygens (including phenoxy) is 2. The predicted octanol–water partition coefficient (Wildman–Crippen LogP) is 3.65. The minimum absolute atomic E-state index is 0.125. The number of aryl methyl sites for hydroxylation is 1. The van der Waals surface area contributed by atoms with E-state index in [9.17, 15) is 13.2 Å². The Morgan fingerprint density at radius 3 is 2.77 bits per heavy atom. The maximum Gasteiger partial charge on any atom is 0.265 e. The molecular formula is C20H19N3O5S2. The van der Waals surface area contributed by atoms with Gasteiger partial charge in [0.05, 0.1) is 23.4 Å². The largest absolute Gasteiger partial charge is 0.496 e. The van der Waals surface area contributed by atoms with E-state index in [0.717, 1.165) is 5.56 Å². The van der Waals surface area contributed by atoms with Gasteiger partial charge in [0.2, 0.25) is 0 Å². The number of methoxy groups -OCH3 is 1. The van der Waals surface area contributed by atoms with E-state index in [-0.39, 0.29) is 15.9 Å². The second-order valence-electron chi connectivity index (χ2n) is 6.74. The molecule has 1 aliphatic rings. The zero-order valence-corrected chi connectivity index (χ0v) is 18.1. The molecule has 0 aliphatic carbocycles. The number of aromatic nitrogens is 1. The van der Waals surface area contributed by atoms with Gasteiger partial charge in [0.15, 0.2) is 11.2 Å². The highest BCUT2D eigenvalue weighted by atomic mass is 32.2. The molecule has 0 fully saturated rings. The molecule has 0 saturated carbocycles. The Balaban J connectivity index is 1.57. The summed E-state index contributed by atoms with van der Waals surface area (Å²) in [6.07, 6.45) is -0.551. The van der Waals surface area contributed by atoms with Crippen LogP contribution in [0.25, 0.3) is 11.3 Å². The van der Waals surface area contributed by atoms with E-state index >= 15 is 0 Å². The second kappa shape index (κ2) is 7.62. The SMILES string of the molecule is COc1ccc(S(=O)(=O)Nc2nc(-c3ccc4c(c3)NC(=O)C(C)O4)cs2)cc1C. The van der Waals surface area contributed by atoms with Gasteiger partial charge in [-0.2, -0.15) is 0 Å². The van der Waals surface area contributed by atoms with Crippen molar-refractivity contribution in [2.75, 3.05) is 17.1 Å². The van der Waals surface area contributed by atoms with Gasteiger partial charge in [0, 0.05) is 10.9 Å². The summed E-state index contributed by atoms with van der Waals surface area (Å²) in [6, 6.07) is 9.95. The number of nitrogens with zero attached hydrogens (tertiary/aromatic N) is 1. The smallest absolute Gasteiger partial charge is 0.265 e. The molecule has 8 nitrogen and oxygen atoms in total. The molecule has 1 aromatic heterocycles. The molecule has 2 N–H and O–H groups in total. The summed E-state index contributed by atoms with van der Waals surface area (Å²) in [5.41, 5.74) is 2.58. The first-order valence-corrected chi connectivity index (χ1v) is 11.4. The summed E-state index contributed by atoms with van der Waals surface area (Å²) in [7, 11) is -2.26. The first-order valence-electron chi connectivity index (χ1n) is 9.02. The first kappa shape index (κ1) is 20.2. The Morgan fingerprint density at radius 2 is 2.03 bits per heavy atom. The van der Waals surface area contributed by atoms with Crippen LogP contribution in [0.3, 0.4) is 0 Å². The van der Waals surface area contributed by atoms with Crippen molar-refractivity contribution in [3.05, 3.63) is 47.3 Å². The molecule has 2 heterocycles. The monoisotopic (exact) mass is 445 g/mol. The van der Waals surface area contributed by atoms with E-state index in [0.29, 0.717) is 28.4 Å². The third-order valence-electron chi connectivity index (χ3n) is 4.61. The van der Waals surface area contributed by atoms with Crippen molar-refractivity contribution < 1.29 is 22.7 Å². The van der Waals surface area contributed by atoms with Gasteiger partial charge in [0.1, 0.15) is 11.5 Å². The molecule has 1 amide bonds. The molecule has 0 saturated heterocycles. The molecule has 10 heteroatoms. The molecule has 1 aliphatic heterocycles. The summed E-state index contributed by atoms with van der Waals surface area (Å²) in [5, 5.41) is 4.77. The number of sulfonamides is 1. The Morgan fingerprint density at radius 1 is 1.23 bits per heavy atom. The lowest BCUT2D eigenvalue weighted by Gasteiger charge is -2.23. The molecule has 0 radical (unpaired) electrons. The van der Waals surface area contributed by atoms with Crippen molar-refractivity contribution in [2.24, 2.45) is 0 Å². The van der Waals surface area contributed by atoms with Crippen molar-refractivity contribution >= 4 is 38.1 Å². The highest BCUT2D eigenvalue weighted by Gasteiger charge is 2.24. The Hall–Kier alpha value is -3.11. The van der Waals surface area contributed by atoms with Crippen molar-refractivity contribution in [3.63, 3.8) is 0 Å². The van der Waals surface area contributed by atoms with E-state index in [4.69, 9.17) is 9.47 Å². The molecule has 0 bridgehead atoms. The van der Waals surface area contributed by atoms with E-state index in [2.05, 4.69) is 15.0 Å². The van der Waals surface area contributed by atoms with Gasteiger partial charge in [0.25, 0.3) is 15.9 Å².